The van der Waals surface area contributed by atoms with E-state index in [1.165, 1.54) is 0 Å². The molecule has 0 aromatic heterocycles. The van der Waals surface area contributed by atoms with E-state index >= 15 is 0 Å². The molecule has 0 heterocycles. The standard InChI is InChI=1S/C8H14BrClO/c1-3-5-8(10,6-4-2)7(9)11/h3-6H2,1-2H3. The first kappa shape index (κ1) is 11.4. The highest BCUT2D eigenvalue weighted by Crippen LogP contribution is 2.30. The van der Waals surface area contributed by atoms with Gasteiger partial charge in [0.2, 0.25) is 4.69 Å². The molecule has 0 N–H and O–H groups in total. The first-order chi connectivity index (χ1) is 5.06. The number of carbonyl (C=O) groups excluding carboxylic acids is 1. The Morgan fingerprint density at radius 3 is 1.91 bits per heavy atom. The van der Waals surface area contributed by atoms with Gasteiger partial charge in [-0.15, -0.1) is 11.6 Å². The minimum Gasteiger partial charge on any atom is -0.285 e. The van der Waals surface area contributed by atoms with E-state index in [4.69, 9.17) is 11.6 Å². The summed E-state index contributed by atoms with van der Waals surface area (Å²) in [6.45, 7) is 4.06. The Labute approximate surface area is 81.6 Å². The van der Waals surface area contributed by atoms with Crippen molar-refractivity contribution in [3.05, 3.63) is 0 Å². The number of rotatable bonds is 5. The summed E-state index contributed by atoms with van der Waals surface area (Å²) in [7, 11) is 0. The molecule has 0 aromatic carbocycles. The Morgan fingerprint density at radius 1 is 1.36 bits per heavy atom. The van der Waals surface area contributed by atoms with Crippen LogP contribution in [-0.4, -0.2) is 9.57 Å². The minimum atomic E-state index is -0.649. The van der Waals surface area contributed by atoms with Crippen molar-refractivity contribution in [3.8, 4) is 0 Å². The summed E-state index contributed by atoms with van der Waals surface area (Å²) < 4.78 is -0.0737. The van der Waals surface area contributed by atoms with E-state index in [9.17, 15) is 4.79 Å². The smallest absolute Gasteiger partial charge is 0.218 e. The molecule has 0 rings (SSSR count). The van der Waals surface area contributed by atoms with Crippen LogP contribution in [0.1, 0.15) is 39.5 Å². The topological polar surface area (TPSA) is 17.1 Å². The first-order valence-corrected chi connectivity index (χ1v) is 5.12. The Kier molecular flexibility index (Phi) is 5.36. The molecule has 0 aliphatic rings. The van der Waals surface area contributed by atoms with Crippen LogP contribution in [0, 0.1) is 0 Å². The van der Waals surface area contributed by atoms with Crippen molar-refractivity contribution in [3.63, 3.8) is 0 Å². The van der Waals surface area contributed by atoms with Crippen LogP contribution in [0.3, 0.4) is 0 Å². The van der Waals surface area contributed by atoms with E-state index in [0.717, 1.165) is 25.7 Å². The monoisotopic (exact) mass is 240 g/mol. The molecule has 0 aromatic rings. The van der Waals surface area contributed by atoms with E-state index < -0.39 is 4.87 Å². The average molecular weight is 242 g/mol. The van der Waals surface area contributed by atoms with Crippen molar-refractivity contribution >= 4 is 32.2 Å². The van der Waals surface area contributed by atoms with Crippen molar-refractivity contribution in [1.29, 1.82) is 0 Å². The number of hydrogen-bond acceptors (Lipinski definition) is 1. The molecule has 3 heteroatoms. The molecule has 0 unspecified atom stereocenters. The second-order valence-electron chi connectivity index (χ2n) is 2.74. The predicted molar refractivity (Wildman–Crippen MR) is 52.3 cm³/mol. The number of alkyl halides is 1. The lowest BCUT2D eigenvalue weighted by Crippen LogP contribution is -2.27. The molecule has 0 saturated carbocycles. The normalized spacial score (nSPS) is 11.6. The van der Waals surface area contributed by atoms with Crippen LogP contribution in [0.4, 0.5) is 0 Å². The molecular weight excluding hydrogens is 227 g/mol. The zero-order chi connectivity index (χ0) is 8.91. The minimum absolute atomic E-state index is 0.0737. The maximum Gasteiger partial charge on any atom is 0.218 e. The lowest BCUT2D eigenvalue weighted by molar-refractivity contribution is -0.113. The van der Waals surface area contributed by atoms with Gasteiger partial charge in [0, 0.05) is 0 Å². The molecule has 0 fully saturated rings. The third-order valence-electron chi connectivity index (χ3n) is 1.64. The fraction of sp³-hybridized carbons (Fsp3) is 0.875. The van der Waals surface area contributed by atoms with Crippen molar-refractivity contribution in [2.24, 2.45) is 0 Å². The molecule has 0 bridgehead atoms. The largest absolute Gasteiger partial charge is 0.285 e. The lowest BCUT2D eigenvalue weighted by Gasteiger charge is -2.21. The number of halogens is 2. The van der Waals surface area contributed by atoms with E-state index in [0.29, 0.717) is 0 Å². The van der Waals surface area contributed by atoms with Crippen LogP contribution in [0.15, 0.2) is 0 Å². The van der Waals surface area contributed by atoms with Gasteiger partial charge in [0.1, 0.15) is 4.87 Å². The fourth-order valence-electron chi connectivity index (χ4n) is 1.11. The van der Waals surface area contributed by atoms with Gasteiger partial charge in [-0.1, -0.05) is 26.7 Å². The molecule has 0 spiro atoms. The molecule has 0 radical (unpaired) electrons. The Balaban J connectivity index is 4.13. The molecule has 0 aliphatic heterocycles. The number of carbonyl (C=O) groups is 1. The molecule has 11 heavy (non-hydrogen) atoms. The summed E-state index contributed by atoms with van der Waals surface area (Å²) in [5.41, 5.74) is 0. The van der Waals surface area contributed by atoms with Gasteiger partial charge in [0.15, 0.2) is 0 Å². The predicted octanol–water partition coefficient (Wildman–Crippen LogP) is 3.49. The zero-order valence-electron chi connectivity index (χ0n) is 6.99. The third kappa shape index (κ3) is 3.57. The van der Waals surface area contributed by atoms with Gasteiger partial charge in [-0.3, -0.25) is 4.79 Å². The van der Waals surface area contributed by atoms with Crippen molar-refractivity contribution in [2.45, 2.75) is 44.4 Å². The summed E-state index contributed by atoms with van der Waals surface area (Å²) in [5, 5.41) is 0. The Bertz CT molecular complexity index is 130. The molecule has 0 aliphatic carbocycles. The molecule has 0 saturated heterocycles. The van der Waals surface area contributed by atoms with Gasteiger partial charge in [-0.2, -0.15) is 0 Å². The molecule has 66 valence electrons. The van der Waals surface area contributed by atoms with Gasteiger partial charge in [0.25, 0.3) is 0 Å². The molecule has 0 atom stereocenters. The third-order valence-corrected chi connectivity index (χ3v) is 3.18. The highest BCUT2D eigenvalue weighted by Gasteiger charge is 2.31. The number of hydrogen-bond donors (Lipinski definition) is 0. The van der Waals surface area contributed by atoms with Crippen molar-refractivity contribution in [1.82, 2.24) is 0 Å². The quantitative estimate of drug-likeness (QED) is 0.532. The van der Waals surface area contributed by atoms with Crippen LogP contribution in [0.2, 0.25) is 0 Å². The highest BCUT2D eigenvalue weighted by molar-refractivity contribution is 9.18. The van der Waals surface area contributed by atoms with Gasteiger partial charge in [0.05, 0.1) is 0 Å². The fourth-order valence-corrected chi connectivity index (χ4v) is 1.89. The summed E-state index contributed by atoms with van der Waals surface area (Å²) >= 11 is 9.01. The second kappa shape index (κ2) is 5.15. The van der Waals surface area contributed by atoms with Gasteiger partial charge >= 0.3 is 0 Å². The lowest BCUT2D eigenvalue weighted by atomic mass is 9.99. The van der Waals surface area contributed by atoms with Crippen molar-refractivity contribution < 1.29 is 4.79 Å². The molecule has 1 nitrogen and oxygen atoms in total. The maximum absolute atomic E-state index is 11.0. The van der Waals surface area contributed by atoms with E-state index in [-0.39, 0.29) is 4.69 Å². The van der Waals surface area contributed by atoms with E-state index in [1.54, 1.807) is 0 Å². The van der Waals surface area contributed by atoms with Crippen LogP contribution < -0.4 is 0 Å². The van der Waals surface area contributed by atoms with Crippen LogP contribution in [0.25, 0.3) is 0 Å². The van der Waals surface area contributed by atoms with Crippen molar-refractivity contribution in [2.75, 3.05) is 0 Å². The van der Waals surface area contributed by atoms with Gasteiger partial charge in [-0.25, -0.2) is 0 Å². The van der Waals surface area contributed by atoms with Gasteiger partial charge in [-0.05, 0) is 28.8 Å². The summed E-state index contributed by atoms with van der Waals surface area (Å²) in [5.74, 6) is 0. The SMILES string of the molecule is CCCC(Cl)(CCC)C(=O)Br. The highest BCUT2D eigenvalue weighted by atomic mass is 79.9. The average Bonchev–Trinajstić information content (AvgIpc) is 1.88. The summed E-state index contributed by atoms with van der Waals surface area (Å²) in [4.78, 5) is 10.4. The second-order valence-corrected chi connectivity index (χ2v) is 4.18. The summed E-state index contributed by atoms with van der Waals surface area (Å²) in [6.07, 6.45) is 3.40. The van der Waals surface area contributed by atoms with E-state index in [2.05, 4.69) is 15.9 Å². The maximum atomic E-state index is 11.0. The van der Waals surface area contributed by atoms with Crippen LogP contribution in [0.5, 0.6) is 0 Å². The zero-order valence-corrected chi connectivity index (χ0v) is 9.33. The Hall–Kier alpha value is 0.440. The van der Waals surface area contributed by atoms with E-state index in [1.807, 2.05) is 13.8 Å². The van der Waals surface area contributed by atoms with Crippen LogP contribution in [-0.2, 0) is 4.79 Å². The molecular formula is C8H14BrClO. The Morgan fingerprint density at radius 2 is 1.73 bits per heavy atom. The van der Waals surface area contributed by atoms with Crippen LogP contribution >= 0.6 is 27.5 Å². The first-order valence-electron chi connectivity index (χ1n) is 3.95. The van der Waals surface area contributed by atoms with Gasteiger partial charge < -0.3 is 0 Å². The molecule has 0 amide bonds. The summed E-state index contributed by atoms with van der Waals surface area (Å²) in [6, 6.07) is 0.